The van der Waals surface area contributed by atoms with E-state index in [-0.39, 0.29) is 17.7 Å². The number of unbranched alkanes of at least 4 members (excludes halogenated alkanes) is 1. The summed E-state index contributed by atoms with van der Waals surface area (Å²) in [5.41, 5.74) is 1.27. The van der Waals surface area contributed by atoms with Crippen LogP contribution >= 0.6 is 0 Å². The molecule has 0 unspecified atom stereocenters. The summed E-state index contributed by atoms with van der Waals surface area (Å²) in [6.45, 7) is 5.68. The molecule has 0 saturated carbocycles. The quantitative estimate of drug-likeness (QED) is 0.545. The fourth-order valence-electron chi connectivity index (χ4n) is 3.61. The summed E-state index contributed by atoms with van der Waals surface area (Å²) >= 11 is 0. The van der Waals surface area contributed by atoms with Crippen molar-refractivity contribution in [3.63, 3.8) is 0 Å². The SMILES string of the molecule is CCCCN(C)C(=O)C1CCN(C(=O)CCCOCCc2ccccc2)CC1. The molecule has 5 nitrogen and oxygen atoms in total. The molecule has 0 bridgehead atoms. The van der Waals surface area contributed by atoms with Crippen LogP contribution in [-0.4, -0.2) is 61.5 Å². The predicted octanol–water partition coefficient (Wildman–Crippen LogP) is 3.52. The third-order valence-corrected chi connectivity index (χ3v) is 5.48. The lowest BCUT2D eigenvalue weighted by Gasteiger charge is -2.33. The first-order chi connectivity index (χ1) is 13.6. The van der Waals surface area contributed by atoms with Crippen LogP contribution in [0.2, 0.25) is 0 Å². The van der Waals surface area contributed by atoms with E-state index in [2.05, 4.69) is 19.1 Å². The number of nitrogens with zero attached hydrogens (tertiary/aromatic N) is 2. The Morgan fingerprint density at radius 2 is 1.82 bits per heavy atom. The van der Waals surface area contributed by atoms with Gasteiger partial charge >= 0.3 is 0 Å². The second-order valence-electron chi connectivity index (χ2n) is 7.72. The van der Waals surface area contributed by atoms with Crippen molar-refractivity contribution < 1.29 is 14.3 Å². The Kier molecular flexibility index (Phi) is 10.0. The van der Waals surface area contributed by atoms with E-state index in [9.17, 15) is 9.59 Å². The fourth-order valence-corrected chi connectivity index (χ4v) is 3.61. The molecule has 1 heterocycles. The number of benzene rings is 1. The largest absolute Gasteiger partial charge is 0.381 e. The molecule has 28 heavy (non-hydrogen) atoms. The molecule has 0 aliphatic carbocycles. The highest BCUT2D eigenvalue weighted by Crippen LogP contribution is 2.20. The minimum atomic E-state index is 0.0761. The van der Waals surface area contributed by atoms with Crippen molar-refractivity contribution >= 4 is 11.8 Å². The molecule has 1 saturated heterocycles. The lowest BCUT2D eigenvalue weighted by molar-refractivity contribution is -0.140. The van der Waals surface area contributed by atoms with Crippen molar-refractivity contribution in [2.75, 3.05) is 39.9 Å². The smallest absolute Gasteiger partial charge is 0.225 e. The Hall–Kier alpha value is -1.88. The minimum absolute atomic E-state index is 0.0761. The highest BCUT2D eigenvalue weighted by molar-refractivity contribution is 5.80. The number of likely N-dealkylation sites (tertiary alicyclic amines) is 1. The van der Waals surface area contributed by atoms with Crippen LogP contribution in [0, 0.1) is 5.92 Å². The van der Waals surface area contributed by atoms with Crippen LogP contribution in [0.25, 0.3) is 0 Å². The van der Waals surface area contributed by atoms with Gasteiger partial charge in [0.05, 0.1) is 6.61 Å². The van der Waals surface area contributed by atoms with Crippen LogP contribution in [0.1, 0.15) is 51.0 Å². The normalized spacial score (nSPS) is 14.9. The maximum atomic E-state index is 12.5. The van der Waals surface area contributed by atoms with E-state index >= 15 is 0 Å². The Morgan fingerprint density at radius 1 is 1.11 bits per heavy atom. The summed E-state index contributed by atoms with van der Waals surface area (Å²) in [7, 11) is 1.90. The third kappa shape index (κ3) is 7.63. The van der Waals surface area contributed by atoms with Crippen molar-refractivity contribution in [3.05, 3.63) is 35.9 Å². The summed E-state index contributed by atoms with van der Waals surface area (Å²) in [5.74, 6) is 0.511. The van der Waals surface area contributed by atoms with Crippen LogP contribution in [0.3, 0.4) is 0 Å². The van der Waals surface area contributed by atoms with E-state index < -0.39 is 0 Å². The lowest BCUT2D eigenvalue weighted by Crippen LogP contribution is -2.43. The molecule has 1 aromatic carbocycles. The van der Waals surface area contributed by atoms with E-state index in [1.807, 2.05) is 35.0 Å². The summed E-state index contributed by atoms with van der Waals surface area (Å²) < 4.78 is 5.66. The van der Waals surface area contributed by atoms with Crippen LogP contribution < -0.4 is 0 Å². The number of amides is 2. The van der Waals surface area contributed by atoms with Gasteiger partial charge in [0.15, 0.2) is 0 Å². The molecule has 1 fully saturated rings. The van der Waals surface area contributed by atoms with Gasteiger partial charge in [-0.05, 0) is 37.7 Å². The number of rotatable bonds is 11. The van der Waals surface area contributed by atoms with Crippen LogP contribution in [-0.2, 0) is 20.7 Å². The molecule has 0 spiro atoms. The highest BCUT2D eigenvalue weighted by atomic mass is 16.5. The van der Waals surface area contributed by atoms with E-state index in [0.29, 0.717) is 32.7 Å². The lowest BCUT2D eigenvalue weighted by atomic mass is 9.95. The molecule has 1 aliphatic rings. The Labute approximate surface area is 170 Å². The zero-order valence-electron chi connectivity index (χ0n) is 17.6. The van der Waals surface area contributed by atoms with Gasteiger partial charge < -0.3 is 14.5 Å². The van der Waals surface area contributed by atoms with Crippen molar-refractivity contribution in [2.24, 2.45) is 5.92 Å². The maximum absolute atomic E-state index is 12.5. The zero-order chi connectivity index (χ0) is 20.2. The fraction of sp³-hybridized carbons (Fsp3) is 0.652. The first-order valence-electron chi connectivity index (χ1n) is 10.8. The second kappa shape index (κ2) is 12.6. The van der Waals surface area contributed by atoms with Crippen molar-refractivity contribution in [3.8, 4) is 0 Å². The Balaban J connectivity index is 1.56. The van der Waals surface area contributed by atoms with Crippen LogP contribution in [0.15, 0.2) is 30.3 Å². The number of ether oxygens (including phenoxy) is 1. The summed E-state index contributed by atoms with van der Waals surface area (Å²) in [4.78, 5) is 28.6. The van der Waals surface area contributed by atoms with Gasteiger partial charge in [-0.25, -0.2) is 0 Å². The third-order valence-electron chi connectivity index (χ3n) is 5.48. The number of carbonyl (C=O) groups is 2. The number of hydrogen-bond acceptors (Lipinski definition) is 3. The molecule has 1 aromatic rings. The molecule has 1 aliphatic heterocycles. The number of piperidine rings is 1. The average molecular weight is 389 g/mol. The van der Waals surface area contributed by atoms with Gasteiger partial charge in [0.25, 0.3) is 0 Å². The van der Waals surface area contributed by atoms with Crippen molar-refractivity contribution in [1.82, 2.24) is 9.80 Å². The van der Waals surface area contributed by atoms with E-state index in [0.717, 1.165) is 45.1 Å². The monoisotopic (exact) mass is 388 g/mol. The first kappa shape index (κ1) is 22.4. The van der Waals surface area contributed by atoms with E-state index in [1.165, 1.54) is 5.56 Å². The standard InChI is InChI=1S/C23H36N2O3/c1-3-4-15-24(2)23(27)21-12-16-25(17-13-21)22(26)11-8-18-28-19-14-20-9-6-5-7-10-20/h5-7,9-10,21H,3-4,8,11-19H2,1-2H3. The van der Waals surface area contributed by atoms with Gasteiger partial charge in [-0.3, -0.25) is 9.59 Å². The van der Waals surface area contributed by atoms with Gasteiger partial charge in [-0.15, -0.1) is 0 Å². The molecular formula is C23H36N2O3. The average Bonchev–Trinajstić information content (AvgIpc) is 2.74. The van der Waals surface area contributed by atoms with Gasteiger partial charge in [0, 0.05) is 45.6 Å². The molecule has 2 rings (SSSR count). The number of hydrogen-bond donors (Lipinski definition) is 0. The van der Waals surface area contributed by atoms with Crippen LogP contribution in [0.5, 0.6) is 0 Å². The van der Waals surface area contributed by atoms with Gasteiger partial charge in [0.2, 0.25) is 11.8 Å². The van der Waals surface area contributed by atoms with Crippen molar-refractivity contribution in [2.45, 2.75) is 51.9 Å². The summed E-state index contributed by atoms with van der Waals surface area (Å²) in [5, 5.41) is 0. The zero-order valence-corrected chi connectivity index (χ0v) is 17.6. The van der Waals surface area contributed by atoms with Gasteiger partial charge in [0.1, 0.15) is 0 Å². The highest BCUT2D eigenvalue weighted by Gasteiger charge is 2.28. The number of carbonyl (C=O) groups excluding carboxylic acids is 2. The van der Waals surface area contributed by atoms with Crippen LogP contribution in [0.4, 0.5) is 0 Å². The maximum Gasteiger partial charge on any atom is 0.225 e. The Bertz CT molecular complexity index is 583. The predicted molar refractivity (Wildman–Crippen MR) is 112 cm³/mol. The van der Waals surface area contributed by atoms with Gasteiger partial charge in [-0.1, -0.05) is 43.7 Å². The Morgan fingerprint density at radius 3 is 2.50 bits per heavy atom. The molecule has 2 amide bonds. The topological polar surface area (TPSA) is 49.9 Å². The van der Waals surface area contributed by atoms with E-state index in [4.69, 9.17) is 4.74 Å². The summed E-state index contributed by atoms with van der Waals surface area (Å²) in [6, 6.07) is 10.3. The second-order valence-corrected chi connectivity index (χ2v) is 7.72. The molecule has 5 heteroatoms. The van der Waals surface area contributed by atoms with E-state index in [1.54, 1.807) is 0 Å². The molecular weight excluding hydrogens is 352 g/mol. The first-order valence-corrected chi connectivity index (χ1v) is 10.8. The molecule has 0 radical (unpaired) electrons. The summed E-state index contributed by atoms with van der Waals surface area (Å²) in [6.07, 6.45) is 5.91. The molecule has 156 valence electrons. The molecule has 0 aromatic heterocycles. The van der Waals surface area contributed by atoms with Gasteiger partial charge in [-0.2, -0.15) is 0 Å². The van der Waals surface area contributed by atoms with Crippen molar-refractivity contribution in [1.29, 1.82) is 0 Å². The molecule has 0 N–H and O–H groups in total. The minimum Gasteiger partial charge on any atom is -0.381 e. The molecule has 0 atom stereocenters.